The van der Waals surface area contributed by atoms with Gasteiger partial charge in [0.05, 0.1) is 46.5 Å². The zero-order chi connectivity index (χ0) is 33.8. The standard InChI is InChI=1S/C45H25N5/c1-47-34-18-20-43-39(26-34)40-27-35(48-2)19-21-44(40)49(43)36-23-32(29-10-4-3-5-11-29)22-33(24-36)30-16-17-31(28-46)45(25-30)50-41-14-8-6-12-37(41)38-13-7-9-15-42(38)50/h3-27H. The highest BCUT2D eigenvalue weighted by atomic mass is 15.0. The molecule has 230 valence electrons. The minimum absolute atomic E-state index is 0.554. The number of hydrogen-bond acceptors (Lipinski definition) is 1. The van der Waals surface area contributed by atoms with Crippen molar-refractivity contribution in [3.8, 4) is 39.7 Å². The second-order valence-corrected chi connectivity index (χ2v) is 12.3. The maximum Gasteiger partial charge on any atom is 0.188 e. The summed E-state index contributed by atoms with van der Waals surface area (Å²) in [5.41, 5.74) is 11.6. The second kappa shape index (κ2) is 11.4. The van der Waals surface area contributed by atoms with Crippen LogP contribution in [-0.4, -0.2) is 9.13 Å². The monoisotopic (exact) mass is 635 g/mol. The third-order valence-corrected chi connectivity index (χ3v) is 9.55. The fourth-order valence-corrected chi connectivity index (χ4v) is 7.29. The number of rotatable bonds is 4. The summed E-state index contributed by atoms with van der Waals surface area (Å²) in [6, 6.07) is 53.6. The number of para-hydroxylation sites is 2. The maximum atomic E-state index is 10.4. The molecule has 50 heavy (non-hydrogen) atoms. The Morgan fingerprint density at radius 2 is 0.980 bits per heavy atom. The summed E-state index contributed by atoms with van der Waals surface area (Å²) in [5, 5.41) is 14.5. The molecule has 0 fully saturated rings. The minimum Gasteiger partial charge on any atom is -0.309 e. The Hall–Kier alpha value is -7.39. The molecular weight excluding hydrogens is 611 g/mol. The summed E-state index contributed by atoms with van der Waals surface area (Å²) in [5.74, 6) is 0. The van der Waals surface area contributed by atoms with Gasteiger partial charge in [-0.2, -0.15) is 5.26 Å². The SMILES string of the molecule is [C-]#[N+]c1ccc2c(c1)c1cc([N+]#[C-])ccc1n2-c1cc(-c2ccccc2)cc(-c2ccc(C#N)c(-n3c4ccccc4c4ccccc43)c2)c1. The first kappa shape index (κ1) is 28.8. The maximum absolute atomic E-state index is 10.4. The van der Waals surface area contributed by atoms with Crippen LogP contribution in [0.2, 0.25) is 0 Å². The molecule has 7 aromatic carbocycles. The minimum atomic E-state index is 0.554. The van der Waals surface area contributed by atoms with Gasteiger partial charge >= 0.3 is 0 Å². The zero-order valence-electron chi connectivity index (χ0n) is 26.7. The van der Waals surface area contributed by atoms with Crippen LogP contribution in [0.5, 0.6) is 0 Å². The van der Waals surface area contributed by atoms with Gasteiger partial charge in [-0.05, 0) is 99.8 Å². The van der Waals surface area contributed by atoms with Crippen molar-refractivity contribution in [1.29, 1.82) is 5.26 Å². The van der Waals surface area contributed by atoms with Gasteiger partial charge in [-0.15, -0.1) is 0 Å². The smallest absolute Gasteiger partial charge is 0.188 e. The molecule has 9 rings (SSSR count). The lowest BCUT2D eigenvalue weighted by molar-refractivity contribution is 1.17. The third-order valence-electron chi connectivity index (χ3n) is 9.55. The first-order valence-electron chi connectivity index (χ1n) is 16.2. The van der Waals surface area contributed by atoms with Crippen LogP contribution >= 0.6 is 0 Å². The van der Waals surface area contributed by atoms with Crippen molar-refractivity contribution >= 4 is 55.0 Å². The van der Waals surface area contributed by atoms with Crippen molar-refractivity contribution in [2.75, 3.05) is 0 Å². The predicted molar refractivity (Wildman–Crippen MR) is 203 cm³/mol. The van der Waals surface area contributed by atoms with Crippen LogP contribution < -0.4 is 0 Å². The van der Waals surface area contributed by atoms with Crippen molar-refractivity contribution in [3.63, 3.8) is 0 Å². The van der Waals surface area contributed by atoms with E-state index in [-0.39, 0.29) is 0 Å². The lowest BCUT2D eigenvalue weighted by Crippen LogP contribution is -1.99. The molecule has 0 bridgehead atoms. The summed E-state index contributed by atoms with van der Waals surface area (Å²) in [6.45, 7) is 15.3. The molecule has 0 aliphatic rings. The molecule has 0 radical (unpaired) electrons. The molecule has 0 spiro atoms. The van der Waals surface area contributed by atoms with E-state index in [2.05, 4.69) is 97.7 Å². The highest BCUT2D eigenvalue weighted by molar-refractivity contribution is 6.12. The molecule has 9 aromatic rings. The molecule has 0 saturated heterocycles. The molecule has 0 N–H and O–H groups in total. The largest absolute Gasteiger partial charge is 0.309 e. The fraction of sp³-hybridized carbons (Fsp3) is 0. The third kappa shape index (κ3) is 4.45. The van der Waals surface area contributed by atoms with E-state index in [9.17, 15) is 5.26 Å². The van der Waals surface area contributed by atoms with Crippen LogP contribution in [0.3, 0.4) is 0 Å². The van der Waals surface area contributed by atoms with E-state index in [0.717, 1.165) is 77.2 Å². The Kier molecular flexibility index (Phi) is 6.56. The lowest BCUT2D eigenvalue weighted by atomic mass is 9.96. The van der Waals surface area contributed by atoms with Crippen LogP contribution in [0.1, 0.15) is 5.56 Å². The van der Waals surface area contributed by atoms with Crippen LogP contribution in [0.15, 0.2) is 152 Å². The van der Waals surface area contributed by atoms with E-state index >= 15 is 0 Å². The van der Waals surface area contributed by atoms with Crippen molar-refractivity contribution < 1.29 is 0 Å². The second-order valence-electron chi connectivity index (χ2n) is 12.3. The highest BCUT2D eigenvalue weighted by Gasteiger charge is 2.18. The average Bonchev–Trinajstić information content (AvgIpc) is 3.69. The van der Waals surface area contributed by atoms with Gasteiger partial charge in [-0.25, -0.2) is 9.69 Å². The van der Waals surface area contributed by atoms with Gasteiger partial charge in [-0.3, -0.25) is 0 Å². The summed E-state index contributed by atoms with van der Waals surface area (Å²) in [7, 11) is 0. The highest BCUT2D eigenvalue weighted by Crippen LogP contribution is 2.40. The number of benzene rings is 7. The summed E-state index contributed by atoms with van der Waals surface area (Å²) in [4.78, 5) is 7.39. The fourth-order valence-electron chi connectivity index (χ4n) is 7.29. The van der Waals surface area contributed by atoms with Gasteiger partial charge < -0.3 is 9.13 Å². The van der Waals surface area contributed by atoms with E-state index in [1.54, 1.807) is 0 Å². The molecule has 5 nitrogen and oxygen atoms in total. The van der Waals surface area contributed by atoms with Crippen LogP contribution in [0.4, 0.5) is 11.4 Å². The Morgan fingerprint density at radius 1 is 0.440 bits per heavy atom. The van der Waals surface area contributed by atoms with Crippen LogP contribution in [-0.2, 0) is 0 Å². The molecule has 2 heterocycles. The molecule has 0 saturated carbocycles. The number of hydrogen-bond donors (Lipinski definition) is 0. The van der Waals surface area contributed by atoms with Crippen LogP contribution in [0, 0.1) is 24.5 Å². The molecule has 5 heteroatoms. The van der Waals surface area contributed by atoms with Crippen molar-refractivity contribution in [1.82, 2.24) is 9.13 Å². The van der Waals surface area contributed by atoms with Gasteiger partial charge in [0, 0.05) is 16.5 Å². The first-order valence-corrected chi connectivity index (χ1v) is 16.2. The number of aromatic nitrogens is 2. The van der Waals surface area contributed by atoms with Crippen molar-refractivity contribution in [3.05, 3.63) is 180 Å². The summed E-state index contributed by atoms with van der Waals surface area (Å²) in [6.07, 6.45) is 0. The quantitative estimate of drug-likeness (QED) is 0.177. The van der Waals surface area contributed by atoms with E-state index in [1.165, 1.54) is 0 Å². The molecule has 0 unspecified atom stereocenters. The van der Waals surface area contributed by atoms with Gasteiger partial charge in [0.25, 0.3) is 0 Å². The van der Waals surface area contributed by atoms with E-state index in [1.807, 2.05) is 78.9 Å². The number of nitriles is 1. The molecule has 2 aromatic heterocycles. The Balaban J connectivity index is 1.33. The van der Waals surface area contributed by atoms with Gasteiger partial charge in [0.1, 0.15) is 6.07 Å². The van der Waals surface area contributed by atoms with Crippen molar-refractivity contribution in [2.45, 2.75) is 0 Å². The molecule has 0 amide bonds. The Morgan fingerprint density at radius 3 is 1.56 bits per heavy atom. The van der Waals surface area contributed by atoms with Crippen molar-refractivity contribution in [2.24, 2.45) is 0 Å². The molecule has 0 aliphatic carbocycles. The lowest BCUT2D eigenvalue weighted by Gasteiger charge is -2.16. The van der Waals surface area contributed by atoms with Gasteiger partial charge in [0.15, 0.2) is 11.4 Å². The molecule has 0 atom stereocenters. The van der Waals surface area contributed by atoms with Crippen LogP contribution in [0.25, 0.3) is 86.9 Å². The first-order chi connectivity index (χ1) is 24.6. The predicted octanol–water partition coefficient (Wildman–Crippen LogP) is 12.2. The zero-order valence-corrected chi connectivity index (χ0v) is 26.7. The normalized spacial score (nSPS) is 11.1. The Bertz CT molecular complexity index is 2830. The van der Waals surface area contributed by atoms with E-state index < -0.39 is 0 Å². The van der Waals surface area contributed by atoms with Gasteiger partial charge in [-0.1, -0.05) is 84.9 Å². The number of nitrogens with zero attached hydrogens (tertiary/aromatic N) is 5. The Labute approximate surface area is 288 Å². The average molecular weight is 636 g/mol. The topological polar surface area (TPSA) is 42.4 Å². The molecule has 0 aliphatic heterocycles. The molecular formula is C45H25N5. The van der Waals surface area contributed by atoms with E-state index in [4.69, 9.17) is 13.1 Å². The summed E-state index contributed by atoms with van der Waals surface area (Å²) < 4.78 is 4.42. The summed E-state index contributed by atoms with van der Waals surface area (Å²) >= 11 is 0. The van der Waals surface area contributed by atoms with Gasteiger partial charge in [0.2, 0.25) is 0 Å². The van der Waals surface area contributed by atoms with E-state index in [0.29, 0.717) is 16.9 Å². The number of fused-ring (bicyclic) bond motifs is 6.